The Kier molecular flexibility index (Phi) is 5.29. The molecule has 0 saturated carbocycles. The lowest BCUT2D eigenvalue weighted by atomic mass is 10.2. The molecule has 28 heavy (non-hydrogen) atoms. The summed E-state index contributed by atoms with van der Waals surface area (Å²) in [5, 5.41) is 5.04. The zero-order valence-electron chi connectivity index (χ0n) is 15.3. The highest BCUT2D eigenvalue weighted by atomic mass is 35.5. The molecule has 0 atom stereocenters. The molecule has 0 spiro atoms. The number of fused-ring (bicyclic) bond motifs is 1. The van der Waals surface area contributed by atoms with Crippen LogP contribution >= 0.6 is 22.9 Å². The van der Waals surface area contributed by atoms with E-state index < -0.39 is 0 Å². The van der Waals surface area contributed by atoms with Gasteiger partial charge in [0.2, 0.25) is 0 Å². The molecule has 4 heterocycles. The van der Waals surface area contributed by atoms with Crippen molar-refractivity contribution in [1.82, 2.24) is 24.2 Å². The van der Waals surface area contributed by atoms with Crippen LogP contribution in [0.2, 0.25) is 5.15 Å². The van der Waals surface area contributed by atoms with Crippen molar-refractivity contribution >= 4 is 39.6 Å². The standard InChI is InChI=1S/C18H19ClN6O2S/c1-20-15-9-12(8-14(19)22-15)17(27)24-4-2-23(3-5-24)11-13-10-16(26)25-6-7-28-18(25)21-13/h6-10H,2-5,11H2,1H3,(H,20,22). The van der Waals surface area contributed by atoms with Crippen LogP contribution in [0.3, 0.4) is 0 Å². The number of anilines is 1. The van der Waals surface area contributed by atoms with E-state index in [0.29, 0.717) is 36.0 Å². The molecule has 0 radical (unpaired) electrons. The summed E-state index contributed by atoms with van der Waals surface area (Å²) in [5.74, 6) is 0.507. The first-order valence-corrected chi connectivity index (χ1v) is 10.1. The van der Waals surface area contributed by atoms with Crippen LogP contribution in [-0.4, -0.2) is 63.3 Å². The maximum absolute atomic E-state index is 12.8. The van der Waals surface area contributed by atoms with E-state index in [4.69, 9.17) is 11.6 Å². The number of hydrogen-bond donors (Lipinski definition) is 1. The topological polar surface area (TPSA) is 82.8 Å². The third kappa shape index (κ3) is 3.87. The summed E-state index contributed by atoms with van der Waals surface area (Å²) in [5.41, 5.74) is 1.22. The molecule has 1 aliphatic heterocycles. The zero-order valence-corrected chi connectivity index (χ0v) is 16.8. The normalized spacial score (nSPS) is 15.1. The highest BCUT2D eigenvalue weighted by Crippen LogP contribution is 2.17. The minimum atomic E-state index is -0.0648. The molecule has 0 aromatic carbocycles. The molecule has 0 unspecified atom stereocenters. The summed E-state index contributed by atoms with van der Waals surface area (Å²) >= 11 is 7.45. The Balaban J connectivity index is 1.40. The van der Waals surface area contributed by atoms with Gasteiger partial charge in [0.15, 0.2) is 4.96 Å². The van der Waals surface area contributed by atoms with Crippen LogP contribution in [0.1, 0.15) is 16.1 Å². The predicted molar refractivity (Wildman–Crippen MR) is 109 cm³/mol. The number of rotatable bonds is 4. The lowest BCUT2D eigenvalue weighted by Gasteiger charge is -2.34. The summed E-state index contributed by atoms with van der Waals surface area (Å²) in [6.07, 6.45) is 1.73. The number of nitrogens with zero attached hydrogens (tertiary/aromatic N) is 5. The summed E-state index contributed by atoms with van der Waals surface area (Å²) in [6.45, 7) is 3.24. The number of nitrogens with one attached hydrogen (secondary N) is 1. The molecule has 1 fully saturated rings. The predicted octanol–water partition coefficient (Wildman–Crippen LogP) is 1.80. The number of carbonyl (C=O) groups is 1. The van der Waals surface area contributed by atoms with Crippen LogP contribution in [-0.2, 0) is 6.54 Å². The summed E-state index contributed by atoms with van der Waals surface area (Å²) < 4.78 is 1.55. The van der Waals surface area contributed by atoms with Crippen molar-refractivity contribution in [2.24, 2.45) is 0 Å². The molecule has 0 bridgehead atoms. The van der Waals surface area contributed by atoms with Crippen LogP contribution in [0.15, 0.2) is 34.6 Å². The minimum absolute atomic E-state index is 0.0585. The number of thiazole rings is 1. The largest absolute Gasteiger partial charge is 0.373 e. The molecule has 10 heteroatoms. The molecule has 1 saturated heterocycles. The van der Waals surface area contributed by atoms with Gasteiger partial charge in [0.05, 0.1) is 5.69 Å². The summed E-state index contributed by atoms with van der Waals surface area (Å²) in [6, 6.07) is 4.87. The Hall–Kier alpha value is -2.49. The van der Waals surface area contributed by atoms with Crippen molar-refractivity contribution in [3.63, 3.8) is 0 Å². The van der Waals surface area contributed by atoms with Gasteiger partial charge in [-0.25, -0.2) is 9.97 Å². The van der Waals surface area contributed by atoms with Crippen LogP contribution in [0, 0.1) is 0 Å². The second-order valence-corrected chi connectivity index (χ2v) is 7.78. The van der Waals surface area contributed by atoms with Gasteiger partial charge in [-0.15, -0.1) is 11.3 Å². The van der Waals surface area contributed by atoms with Crippen molar-refractivity contribution in [3.05, 3.63) is 56.5 Å². The van der Waals surface area contributed by atoms with E-state index in [9.17, 15) is 9.59 Å². The van der Waals surface area contributed by atoms with E-state index in [0.717, 1.165) is 18.8 Å². The van der Waals surface area contributed by atoms with Gasteiger partial charge in [-0.05, 0) is 12.1 Å². The number of halogens is 1. The summed E-state index contributed by atoms with van der Waals surface area (Å²) in [7, 11) is 1.74. The fourth-order valence-electron chi connectivity index (χ4n) is 3.24. The van der Waals surface area contributed by atoms with Crippen LogP contribution in [0.25, 0.3) is 4.96 Å². The van der Waals surface area contributed by atoms with Crippen molar-refractivity contribution < 1.29 is 4.79 Å². The minimum Gasteiger partial charge on any atom is -0.373 e. The molecule has 4 rings (SSSR count). The average molecular weight is 419 g/mol. The van der Waals surface area contributed by atoms with Gasteiger partial charge in [0.25, 0.3) is 11.5 Å². The number of piperazine rings is 1. The molecule has 146 valence electrons. The smallest absolute Gasteiger partial charge is 0.258 e. The van der Waals surface area contributed by atoms with Gasteiger partial charge in [-0.3, -0.25) is 18.9 Å². The molecular weight excluding hydrogens is 400 g/mol. The van der Waals surface area contributed by atoms with Gasteiger partial charge in [-0.2, -0.15) is 0 Å². The molecule has 1 aliphatic rings. The molecular formula is C18H19ClN6O2S. The number of hydrogen-bond acceptors (Lipinski definition) is 7. The fraction of sp³-hybridized carbons (Fsp3) is 0.333. The molecule has 0 aliphatic carbocycles. The first-order valence-electron chi connectivity index (χ1n) is 8.86. The molecule has 1 N–H and O–H groups in total. The van der Waals surface area contributed by atoms with Gasteiger partial charge < -0.3 is 10.2 Å². The first kappa shape index (κ1) is 18.9. The number of amides is 1. The van der Waals surface area contributed by atoms with Crippen molar-refractivity contribution in [3.8, 4) is 0 Å². The van der Waals surface area contributed by atoms with E-state index in [2.05, 4.69) is 20.2 Å². The zero-order chi connectivity index (χ0) is 19.7. The maximum atomic E-state index is 12.8. The molecule has 3 aromatic rings. The fourth-order valence-corrected chi connectivity index (χ4v) is 4.19. The van der Waals surface area contributed by atoms with Crippen LogP contribution in [0.5, 0.6) is 0 Å². The van der Waals surface area contributed by atoms with E-state index in [1.165, 1.54) is 11.3 Å². The van der Waals surface area contributed by atoms with Crippen LogP contribution < -0.4 is 10.9 Å². The monoisotopic (exact) mass is 418 g/mol. The first-order chi connectivity index (χ1) is 13.5. The number of pyridine rings is 1. The quantitative estimate of drug-likeness (QED) is 0.650. The number of carbonyl (C=O) groups excluding carboxylic acids is 1. The van der Waals surface area contributed by atoms with Crippen molar-refractivity contribution in [2.75, 3.05) is 38.5 Å². The maximum Gasteiger partial charge on any atom is 0.258 e. The lowest BCUT2D eigenvalue weighted by Crippen LogP contribution is -2.48. The second-order valence-electron chi connectivity index (χ2n) is 6.52. The highest BCUT2D eigenvalue weighted by Gasteiger charge is 2.23. The Labute approximate surface area is 170 Å². The van der Waals surface area contributed by atoms with Crippen LogP contribution in [0.4, 0.5) is 5.82 Å². The van der Waals surface area contributed by atoms with Gasteiger partial charge in [0, 0.05) is 63.0 Å². The average Bonchev–Trinajstić information content (AvgIpc) is 3.17. The van der Waals surface area contributed by atoms with E-state index in [1.54, 1.807) is 35.8 Å². The highest BCUT2D eigenvalue weighted by molar-refractivity contribution is 7.15. The Morgan fingerprint density at radius 3 is 2.75 bits per heavy atom. The molecule has 8 nitrogen and oxygen atoms in total. The summed E-state index contributed by atoms with van der Waals surface area (Å²) in [4.78, 5) is 38.3. The van der Waals surface area contributed by atoms with Crippen molar-refractivity contribution in [1.29, 1.82) is 0 Å². The van der Waals surface area contributed by atoms with Gasteiger partial charge >= 0.3 is 0 Å². The second kappa shape index (κ2) is 7.86. The van der Waals surface area contributed by atoms with Crippen molar-refractivity contribution in [2.45, 2.75) is 6.54 Å². The van der Waals surface area contributed by atoms with E-state index >= 15 is 0 Å². The third-order valence-electron chi connectivity index (χ3n) is 4.70. The lowest BCUT2D eigenvalue weighted by molar-refractivity contribution is 0.0627. The Morgan fingerprint density at radius 1 is 1.21 bits per heavy atom. The van der Waals surface area contributed by atoms with Gasteiger partial charge in [-0.1, -0.05) is 11.6 Å². The number of aromatic nitrogens is 3. The van der Waals surface area contributed by atoms with Gasteiger partial charge in [0.1, 0.15) is 11.0 Å². The SMILES string of the molecule is CNc1cc(C(=O)N2CCN(Cc3cc(=O)n4ccsc4n3)CC2)cc(Cl)n1. The molecule has 1 amide bonds. The van der Waals surface area contributed by atoms with E-state index in [-0.39, 0.29) is 16.6 Å². The van der Waals surface area contributed by atoms with E-state index in [1.807, 2.05) is 10.3 Å². The molecule has 3 aromatic heterocycles. The Morgan fingerprint density at radius 2 is 2.00 bits per heavy atom. The third-order valence-corrected chi connectivity index (χ3v) is 5.65. The Bertz CT molecular complexity index is 1070.